The molecular weight excluding hydrogens is 420 g/mol. The zero-order chi connectivity index (χ0) is 21.9. The molecular formula is C27H21ClN2O2. The van der Waals surface area contributed by atoms with Crippen LogP contribution in [0.1, 0.15) is 27.0 Å². The number of ether oxygens (including phenoxy) is 1. The number of carbonyl (C=O) groups excluding carboxylic acids is 1. The number of amides is 1. The predicted octanol–water partition coefficient (Wildman–Crippen LogP) is 6.47. The van der Waals surface area contributed by atoms with Crippen molar-refractivity contribution in [1.29, 1.82) is 0 Å². The van der Waals surface area contributed by atoms with Crippen LogP contribution in [0.4, 0.5) is 5.69 Å². The third kappa shape index (κ3) is 4.23. The minimum absolute atomic E-state index is 0.0884. The monoisotopic (exact) mass is 440 g/mol. The quantitative estimate of drug-likeness (QED) is 0.365. The lowest BCUT2D eigenvalue weighted by atomic mass is 10.0. The summed E-state index contributed by atoms with van der Waals surface area (Å²) < 4.78 is 6.11. The van der Waals surface area contributed by atoms with Crippen LogP contribution >= 0.6 is 11.6 Å². The molecule has 0 spiro atoms. The van der Waals surface area contributed by atoms with E-state index in [4.69, 9.17) is 16.3 Å². The standard InChI is InChI=1S/C27H21ClN2O2/c28-23-11-12-26-24(17-23)30(18-22-3-1-2-4-25(22)32-26)27(31)21-9-7-19(8-10-21)5-6-20-13-15-29-16-14-20/h1-4,7-17H,5-6,18H2. The first-order valence-corrected chi connectivity index (χ1v) is 10.9. The summed E-state index contributed by atoms with van der Waals surface area (Å²) in [6.07, 6.45) is 5.46. The Morgan fingerprint density at radius 3 is 2.38 bits per heavy atom. The topological polar surface area (TPSA) is 42.4 Å². The number of para-hydroxylation sites is 1. The fraction of sp³-hybridized carbons (Fsp3) is 0.111. The number of hydrogen-bond donors (Lipinski definition) is 0. The van der Waals surface area contributed by atoms with Gasteiger partial charge in [-0.3, -0.25) is 9.78 Å². The summed E-state index contributed by atoms with van der Waals surface area (Å²) in [5.74, 6) is 1.27. The molecule has 0 aliphatic carbocycles. The Morgan fingerprint density at radius 2 is 1.59 bits per heavy atom. The van der Waals surface area contributed by atoms with E-state index in [2.05, 4.69) is 4.98 Å². The van der Waals surface area contributed by atoms with E-state index in [1.54, 1.807) is 17.0 Å². The Hall–Kier alpha value is -3.63. The molecule has 0 unspecified atom stereocenters. The van der Waals surface area contributed by atoms with Gasteiger partial charge in [-0.15, -0.1) is 0 Å². The molecule has 4 nitrogen and oxygen atoms in total. The molecule has 1 aliphatic rings. The molecule has 3 aromatic carbocycles. The van der Waals surface area contributed by atoms with E-state index in [1.807, 2.05) is 79.1 Å². The lowest BCUT2D eigenvalue weighted by Crippen LogP contribution is -2.29. The van der Waals surface area contributed by atoms with Gasteiger partial charge in [0.25, 0.3) is 5.91 Å². The first kappa shape index (κ1) is 20.3. The van der Waals surface area contributed by atoms with E-state index < -0.39 is 0 Å². The maximum absolute atomic E-state index is 13.5. The Kier molecular flexibility index (Phi) is 5.61. The zero-order valence-corrected chi connectivity index (χ0v) is 18.1. The summed E-state index contributed by atoms with van der Waals surface area (Å²) in [7, 11) is 0. The van der Waals surface area contributed by atoms with E-state index >= 15 is 0 Å². The van der Waals surface area contributed by atoms with Crippen LogP contribution in [0.3, 0.4) is 0 Å². The van der Waals surface area contributed by atoms with Gasteiger partial charge in [0.2, 0.25) is 0 Å². The molecule has 1 amide bonds. The number of rotatable bonds is 4. The first-order chi connectivity index (χ1) is 15.7. The molecule has 4 aromatic rings. The molecule has 0 atom stereocenters. The van der Waals surface area contributed by atoms with Crippen LogP contribution in [-0.4, -0.2) is 10.9 Å². The van der Waals surface area contributed by atoms with Crippen molar-refractivity contribution < 1.29 is 9.53 Å². The van der Waals surface area contributed by atoms with E-state index in [1.165, 1.54) is 11.1 Å². The summed E-state index contributed by atoms with van der Waals surface area (Å²) in [6.45, 7) is 0.409. The fourth-order valence-electron chi connectivity index (χ4n) is 3.88. The van der Waals surface area contributed by atoms with Crippen LogP contribution in [-0.2, 0) is 19.4 Å². The minimum Gasteiger partial charge on any atom is -0.455 e. The van der Waals surface area contributed by atoms with E-state index in [0.29, 0.717) is 28.6 Å². The van der Waals surface area contributed by atoms with Crippen LogP contribution in [0.2, 0.25) is 5.02 Å². The van der Waals surface area contributed by atoms with Gasteiger partial charge in [-0.2, -0.15) is 0 Å². The molecule has 0 N–H and O–H groups in total. The molecule has 0 saturated carbocycles. The fourth-order valence-corrected chi connectivity index (χ4v) is 4.05. The van der Waals surface area contributed by atoms with Gasteiger partial charge in [-0.1, -0.05) is 41.9 Å². The third-order valence-electron chi connectivity index (χ3n) is 5.63. The normalized spacial score (nSPS) is 12.3. The molecule has 32 heavy (non-hydrogen) atoms. The van der Waals surface area contributed by atoms with Crippen LogP contribution in [0.25, 0.3) is 0 Å². The highest BCUT2D eigenvalue weighted by atomic mass is 35.5. The van der Waals surface area contributed by atoms with Crippen LogP contribution < -0.4 is 9.64 Å². The molecule has 1 aromatic heterocycles. The van der Waals surface area contributed by atoms with Crippen molar-refractivity contribution >= 4 is 23.2 Å². The summed E-state index contributed by atoms with van der Waals surface area (Å²) in [5, 5.41) is 0.558. The minimum atomic E-state index is -0.0884. The number of hydrogen-bond acceptors (Lipinski definition) is 3. The van der Waals surface area contributed by atoms with Crippen molar-refractivity contribution in [3.63, 3.8) is 0 Å². The van der Waals surface area contributed by atoms with Crippen LogP contribution in [0, 0.1) is 0 Å². The van der Waals surface area contributed by atoms with E-state index in [-0.39, 0.29) is 5.91 Å². The number of fused-ring (bicyclic) bond motifs is 2. The molecule has 0 bridgehead atoms. The number of pyridine rings is 1. The number of halogens is 1. The van der Waals surface area contributed by atoms with Crippen molar-refractivity contribution in [2.75, 3.05) is 4.90 Å². The molecule has 2 heterocycles. The van der Waals surface area contributed by atoms with E-state index in [9.17, 15) is 4.79 Å². The second kappa shape index (κ2) is 8.85. The summed E-state index contributed by atoms with van der Waals surface area (Å²) >= 11 is 6.27. The van der Waals surface area contributed by atoms with Gasteiger partial charge in [-0.05, 0) is 72.5 Å². The first-order valence-electron chi connectivity index (χ1n) is 10.5. The number of carbonyl (C=O) groups is 1. The highest BCUT2D eigenvalue weighted by Crippen LogP contribution is 2.40. The van der Waals surface area contributed by atoms with Crippen LogP contribution in [0.5, 0.6) is 11.5 Å². The Labute approximate surface area is 192 Å². The number of nitrogens with zero attached hydrogens (tertiary/aromatic N) is 2. The van der Waals surface area contributed by atoms with Gasteiger partial charge >= 0.3 is 0 Å². The van der Waals surface area contributed by atoms with Gasteiger partial charge in [0.15, 0.2) is 5.75 Å². The summed E-state index contributed by atoms with van der Waals surface area (Å²) in [6, 6.07) is 25.0. The molecule has 5 rings (SSSR count). The van der Waals surface area contributed by atoms with Gasteiger partial charge < -0.3 is 9.64 Å². The maximum atomic E-state index is 13.5. The average Bonchev–Trinajstić information content (AvgIpc) is 3.00. The second-order valence-electron chi connectivity index (χ2n) is 7.77. The lowest BCUT2D eigenvalue weighted by molar-refractivity contribution is 0.0985. The van der Waals surface area contributed by atoms with Crippen molar-refractivity contribution in [3.05, 3.63) is 119 Å². The summed E-state index contributed by atoms with van der Waals surface area (Å²) in [5.41, 5.74) is 4.67. The SMILES string of the molecule is O=C(c1ccc(CCc2ccncc2)cc1)N1Cc2ccccc2Oc2ccc(Cl)cc21. The number of anilines is 1. The third-order valence-corrected chi connectivity index (χ3v) is 5.87. The Morgan fingerprint density at radius 1 is 0.875 bits per heavy atom. The van der Waals surface area contributed by atoms with Gasteiger partial charge in [-0.25, -0.2) is 0 Å². The summed E-state index contributed by atoms with van der Waals surface area (Å²) in [4.78, 5) is 19.3. The zero-order valence-electron chi connectivity index (χ0n) is 17.4. The average molecular weight is 441 g/mol. The van der Waals surface area contributed by atoms with Gasteiger partial charge in [0.1, 0.15) is 5.75 Å². The number of benzene rings is 3. The highest BCUT2D eigenvalue weighted by molar-refractivity contribution is 6.31. The number of aromatic nitrogens is 1. The van der Waals surface area contributed by atoms with E-state index in [0.717, 1.165) is 24.2 Å². The van der Waals surface area contributed by atoms with Crippen molar-refractivity contribution in [1.82, 2.24) is 4.98 Å². The predicted molar refractivity (Wildman–Crippen MR) is 127 cm³/mol. The van der Waals surface area contributed by atoms with Crippen molar-refractivity contribution in [3.8, 4) is 11.5 Å². The van der Waals surface area contributed by atoms with Crippen molar-refractivity contribution in [2.24, 2.45) is 0 Å². The molecule has 5 heteroatoms. The second-order valence-corrected chi connectivity index (χ2v) is 8.20. The van der Waals surface area contributed by atoms with Crippen LogP contribution in [0.15, 0.2) is 91.3 Å². The molecule has 1 aliphatic heterocycles. The Balaban J connectivity index is 1.41. The largest absolute Gasteiger partial charge is 0.455 e. The van der Waals surface area contributed by atoms with Gasteiger partial charge in [0, 0.05) is 28.5 Å². The Bertz CT molecular complexity index is 1260. The van der Waals surface area contributed by atoms with Gasteiger partial charge in [0.05, 0.1) is 12.2 Å². The highest BCUT2D eigenvalue weighted by Gasteiger charge is 2.26. The smallest absolute Gasteiger partial charge is 0.258 e. The molecule has 0 radical (unpaired) electrons. The lowest BCUT2D eigenvalue weighted by Gasteiger charge is -2.22. The van der Waals surface area contributed by atoms with Crippen molar-refractivity contribution in [2.45, 2.75) is 19.4 Å². The molecule has 0 fully saturated rings. The molecule has 0 saturated heterocycles. The molecule has 158 valence electrons. The maximum Gasteiger partial charge on any atom is 0.258 e. The number of aryl methyl sites for hydroxylation is 2.